The van der Waals surface area contributed by atoms with Gasteiger partial charge in [0.15, 0.2) is 18.1 Å². The average molecular weight is 1010 g/mol. The van der Waals surface area contributed by atoms with Crippen LogP contribution >= 0.6 is 0 Å². The minimum Gasteiger partial charge on any atom is -0.465 e. The van der Waals surface area contributed by atoms with Crippen molar-refractivity contribution in [2.24, 2.45) is 0 Å². The number of esters is 3. The number of rotatable bonds is 43. The maximum absolute atomic E-state index is 14.2. The monoisotopic (exact) mass is 1000 g/mol. The summed E-state index contributed by atoms with van der Waals surface area (Å²) in [4.78, 5) is 66.6. The highest BCUT2D eigenvalue weighted by Crippen LogP contribution is 2.28. The lowest BCUT2D eigenvalue weighted by Gasteiger charge is -2.34. The van der Waals surface area contributed by atoms with Gasteiger partial charge in [-0.2, -0.15) is 0 Å². The Hall–Kier alpha value is -4.29. The number of Topliss-reactive ketones (excluding diaryl/α,β-unsaturated/α-hetero) is 1. The maximum Gasteiger partial charge on any atom is 0.510 e. The number of hydrogen-bond acceptors (Lipinski definition) is 12. The number of nitrogens with one attached hydrogen (secondary N) is 2. The molecule has 3 rings (SSSR count). The second-order valence-corrected chi connectivity index (χ2v) is 20.1. The molecule has 0 saturated carbocycles. The Bertz CT molecular complexity index is 1710. The summed E-state index contributed by atoms with van der Waals surface area (Å²) in [6.45, 7) is 7.57. The SMILES string of the molecule is CCCCCCCCCCCCCCCC(=O)OCC(COC(=O)CCCCCCCCCCCCCCC)OC(=O)O[C@H]1Cc2ccccc2C(C(=O)[C@H](C)N[C@@H](CCc2ccccc2)C(=O)OCC)N1. The van der Waals surface area contributed by atoms with E-state index in [1.807, 2.05) is 54.6 Å². The van der Waals surface area contributed by atoms with Crippen molar-refractivity contribution < 1.29 is 47.7 Å². The van der Waals surface area contributed by atoms with Crippen LogP contribution in [0.1, 0.15) is 237 Å². The normalized spacial score (nSPS) is 15.1. The first-order valence-electron chi connectivity index (χ1n) is 28.7. The van der Waals surface area contributed by atoms with Crippen molar-refractivity contribution in [3.05, 3.63) is 71.3 Å². The van der Waals surface area contributed by atoms with E-state index in [-0.39, 0.29) is 44.9 Å². The molecule has 0 radical (unpaired) electrons. The zero-order chi connectivity index (χ0) is 51.9. The summed E-state index contributed by atoms with van der Waals surface area (Å²) < 4.78 is 28.0. The van der Waals surface area contributed by atoms with Crippen LogP contribution in [0.25, 0.3) is 0 Å². The number of hydrogen-bond donors (Lipinski definition) is 2. The van der Waals surface area contributed by atoms with Crippen LogP contribution in [0.3, 0.4) is 0 Å². The molecular weight excluding hydrogens is 909 g/mol. The fraction of sp³-hybridized carbons (Fsp3) is 0.717. The predicted molar refractivity (Wildman–Crippen MR) is 286 cm³/mol. The van der Waals surface area contributed by atoms with Gasteiger partial charge in [-0.25, -0.2) is 4.79 Å². The molecule has 2 aromatic carbocycles. The summed E-state index contributed by atoms with van der Waals surface area (Å²) in [5.41, 5.74) is 2.62. The van der Waals surface area contributed by atoms with Crippen molar-refractivity contribution in [3.63, 3.8) is 0 Å². The van der Waals surface area contributed by atoms with E-state index in [4.69, 9.17) is 23.7 Å². The smallest absolute Gasteiger partial charge is 0.465 e. The zero-order valence-electron chi connectivity index (χ0n) is 45.2. The molecule has 12 nitrogen and oxygen atoms in total. The fourth-order valence-corrected chi connectivity index (χ4v) is 9.44. The van der Waals surface area contributed by atoms with Crippen LogP contribution in [-0.2, 0) is 55.7 Å². The lowest BCUT2D eigenvalue weighted by Crippen LogP contribution is -2.52. The first-order valence-corrected chi connectivity index (χ1v) is 28.7. The standard InChI is InChI=1S/C60H96N2O10/c1-5-8-10-12-14-16-18-20-22-24-26-28-33-41-55(63)69-46-51(47-70-56(64)42-34-29-27-25-23-21-19-17-15-13-11-9-6-2)71-60(67)72-54-45-50-39-35-36-40-52(50)57(62-54)58(65)48(4)61-53(59(66)68-7-3)44-43-49-37-31-30-32-38-49/h30-32,35-40,48,51,53-54,57,61-62H,5-29,33-34,41-47H2,1-4H3/t48-,53-,54-,57?/m0/s1. The van der Waals surface area contributed by atoms with Crippen LogP contribution in [0.2, 0.25) is 0 Å². The van der Waals surface area contributed by atoms with Crippen molar-refractivity contribution >= 4 is 29.8 Å². The van der Waals surface area contributed by atoms with Gasteiger partial charge in [0.05, 0.1) is 18.7 Å². The number of fused-ring (bicyclic) bond motifs is 1. The molecule has 2 aromatic rings. The van der Waals surface area contributed by atoms with Crippen molar-refractivity contribution in [1.82, 2.24) is 10.6 Å². The molecule has 72 heavy (non-hydrogen) atoms. The Morgan fingerprint density at radius 3 is 1.53 bits per heavy atom. The maximum atomic E-state index is 14.2. The molecule has 0 bridgehead atoms. The predicted octanol–water partition coefficient (Wildman–Crippen LogP) is 13.9. The lowest BCUT2D eigenvalue weighted by molar-refractivity contribution is -0.154. The summed E-state index contributed by atoms with van der Waals surface area (Å²) in [5, 5.41) is 6.42. The van der Waals surface area contributed by atoms with Gasteiger partial charge in [-0.1, -0.05) is 223 Å². The molecule has 1 heterocycles. The number of benzene rings is 2. The Labute approximate surface area is 434 Å². The number of ketones is 1. The van der Waals surface area contributed by atoms with Crippen LogP contribution < -0.4 is 10.6 Å². The second kappa shape index (κ2) is 40.1. The molecule has 0 amide bonds. The van der Waals surface area contributed by atoms with Gasteiger partial charge < -0.3 is 23.7 Å². The molecule has 12 heteroatoms. The highest BCUT2D eigenvalue weighted by atomic mass is 16.7. The van der Waals surface area contributed by atoms with E-state index >= 15 is 0 Å². The van der Waals surface area contributed by atoms with Gasteiger partial charge in [0.1, 0.15) is 19.3 Å². The zero-order valence-corrected chi connectivity index (χ0v) is 45.2. The van der Waals surface area contributed by atoms with E-state index in [1.54, 1.807) is 13.8 Å². The van der Waals surface area contributed by atoms with Crippen molar-refractivity contribution in [1.29, 1.82) is 0 Å². The lowest BCUT2D eigenvalue weighted by atomic mass is 9.89. The molecule has 406 valence electrons. The molecule has 1 unspecified atom stereocenters. The molecule has 4 atom stereocenters. The molecule has 1 aliphatic heterocycles. The number of aryl methyl sites for hydroxylation is 1. The van der Waals surface area contributed by atoms with Crippen molar-refractivity contribution in [2.75, 3.05) is 19.8 Å². The second-order valence-electron chi connectivity index (χ2n) is 20.1. The third kappa shape index (κ3) is 28.2. The number of carbonyl (C=O) groups is 5. The molecule has 0 aromatic heterocycles. The highest BCUT2D eigenvalue weighted by molar-refractivity contribution is 5.91. The Morgan fingerprint density at radius 1 is 0.583 bits per heavy atom. The van der Waals surface area contributed by atoms with E-state index in [1.165, 1.54) is 116 Å². The Morgan fingerprint density at radius 2 is 1.04 bits per heavy atom. The van der Waals surface area contributed by atoms with Crippen LogP contribution in [0.15, 0.2) is 54.6 Å². The minimum absolute atomic E-state index is 0.210. The van der Waals surface area contributed by atoms with Gasteiger partial charge in [0.25, 0.3) is 0 Å². The number of unbranched alkanes of at least 4 members (excludes halogenated alkanes) is 24. The summed E-state index contributed by atoms with van der Waals surface area (Å²) in [6, 6.07) is 14.9. The van der Waals surface area contributed by atoms with Crippen LogP contribution in [0, 0.1) is 0 Å². The molecule has 2 N–H and O–H groups in total. The van der Waals surface area contributed by atoms with E-state index in [9.17, 15) is 24.0 Å². The quantitative estimate of drug-likeness (QED) is 0.0369. The van der Waals surface area contributed by atoms with Crippen LogP contribution in [0.5, 0.6) is 0 Å². The third-order valence-electron chi connectivity index (χ3n) is 13.8. The van der Waals surface area contributed by atoms with Crippen LogP contribution in [0.4, 0.5) is 4.79 Å². The summed E-state index contributed by atoms with van der Waals surface area (Å²) in [6.07, 6.45) is 29.9. The summed E-state index contributed by atoms with van der Waals surface area (Å²) in [5.74, 6) is -1.49. The largest absolute Gasteiger partial charge is 0.510 e. The van der Waals surface area contributed by atoms with Crippen molar-refractivity contribution in [3.8, 4) is 0 Å². The molecule has 0 aliphatic carbocycles. The molecule has 0 fully saturated rings. The topological polar surface area (TPSA) is 156 Å². The first-order chi connectivity index (χ1) is 35.1. The number of ether oxygens (including phenoxy) is 5. The molecule has 1 aliphatic rings. The first kappa shape index (κ1) is 62.0. The van der Waals surface area contributed by atoms with E-state index in [0.717, 1.165) is 55.2 Å². The van der Waals surface area contributed by atoms with Gasteiger partial charge in [-0.15, -0.1) is 0 Å². The van der Waals surface area contributed by atoms with E-state index in [0.29, 0.717) is 25.7 Å². The van der Waals surface area contributed by atoms with Gasteiger partial charge in [-0.3, -0.25) is 29.8 Å². The molecular formula is C60H96N2O10. The Balaban J connectivity index is 1.52. The van der Waals surface area contributed by atoms with Gasteiger partial charge >= 0.3 is 24.1 Å². The van der Waals surface area contributed by atoms with E-state index < -0.39 is 54.5 Å². The summed E-state index contributed by atoms with van der Waals surface area (Å²) in [7, 11) is 0. The average Bonchev–Trinajstić information content (AvgIpc) is 3.38. The van der Waals surface area contributed by atoms with Gasteiger partial charge in [0, 0.05) is 19.3 Å². The highest BCUT2D eigenvalue weighted by Gasteiger charge is 2.37. The van der Waals surface area contributed by atoms with Gasteiger partial charge in [-0.05, 0) is 56.2 Å². The Kier molecular flexibility index (Phi) is 34.6. The van der Waals surface area contributed by atoms with E-state index in [2.05, 4.69) is 24.5 Å². The minimum atomic E-state index is -1.10. The van der Waals surface area contributed by atoms with Gasteiger partial charge in [0.2, 0.25) is 0 Å². The molecule has 0 spiro atoms. The summed E-state index contributed by atoms with van der Waals surface area (Å²) >= 11 is 0. The third-order valence-corrected chi connectivity index (χ3v) is 13.8. The van der Waals surface area contributed by atoms with Crippen LogP contribution in [-0.4, -0.2) is 74.1 Å². The fourth-order valence-electron chi connectivity index (χ4n) is 9.44. The molecule has 0 saturated heterocycles. The number of carbonyl (C=O) groups excluding carboxylic acids is 5. The van der Waals surface area contributed by atoms with Crippen molar-refractivity contribution in [2.45, 2.75) is 257 Å².